The van der Waals surface area contributed by atoms with Crippen LogP contribution >= 0.6 is 0 Å². The average Bonchev–Trinajstić information content (AvgIpc) is 3.17. The molecule has 7 heteroatoms. The number of carbonyl (C=O) groups excluding carboxylic acids is 1. The molecule has 1 atom stereocenters. The van der Waals surface area contributed by atoms with Crippen molar-refractivity contribution in [2.45, 2.75) is 38.8 Å². The van der Waals surface area contributed by atoms with E-state index in [2.05, 4.69) is 10.3 Å². The molecule has 1 N–H and O–H groups in total. The van der Waals surface area contributed by atoms with Crippen LogP contribution in [-0.4, -0.2) is 44.0 Å². The van der Waals surface area contributed by atoms with Gasteiger partial charge in [0.1, 0.15) is 11.3 Å². The molecule has 0 aliphatic carbocycles. The molecule has 2 aromatic heterocycles. The number of hydrogen-bond acceptors (Lipinski definition) is 5. The quantitative estimate of drug-likeness (QED) is 0.928. The number of nitrogens with zero attached hydrogens (tertiary/aromatic N) is 4. The highest BCUT2D eigenvalue weighted by Crippen LogP contribution is 2.32. The molecule has 1 aliphatic rings. The molecule has 1 saturated heterocycles. The molecule has 1 fully saturated rings. The molecule has 22 heavy (non-hydrogen) atoms. The zero-order chi connectivity index (χ0) is 15.9. The first kappa shape index (κ1) is 14.8. The largest absolute Gasteiger partial charge is 0.459 e. The molecule has 1 amide bonds. The van der Waals surface area contributed by atoms with Gasteiger partial charge >= 0.3 is 0 Å². The molecule has 1 aliphatic heterocycles. The van der Waals surface area contributed by atoms with Crippen LogP contribution < -0.4 is 0 Å². The van der Waals surface area contributed by atoms with Gasteiger partial charge in [0.25, 0.3) is 5.91 Å². The van der Waals surface area contributed by atoms with Crippen molar-refractivity contribution in [2.75, 3.05) is 13.1 Å². The van der Waals surface area contributed by atoms with Gasteiger partial charge in [0.05, 0.1) is 19.0 Å². The third kappa shape index (κ3) is 2.41. The van der Waals surface area contributed by atoms with Gasteiger partial charge in [-0.2, -0.15) is 0 Å². The molecule has 3 rings (SSSR count). The SMILES string of the molecule is Cc1ccoc1C(=O)N1CCC(O)(c2cn(C(C)C)nn2)C1. The average molecular weight is 304 g/mol. The standard InChI is InChI=1S/C15H20N4O3/c1-10(2)19-8-12(16-17-19)15(21)5-6-18(9-15)14(20)13-11(3)4-7-22-13/h4,7-8,10,21H,5-6,9H2,1-3H3. The van der Waals surface area contributed by atoms with Crippen LogP contribution in [0.25, 0.3) is 0 Å². The van der Waals surface area contributed by atoms with E-state index in [0.717, 1.165) is 5.56 Å². The second-order valence-electron chi connectivity index (χ2n) is 6.12. The molecule has 118 valence electrons. The summed E-state index contributed by atoms with van der Waals surface area (Å²) in [4.78, 5) is 14.0. The molecule has 2 aromatic rings. The fourth-order valence-electron chi connectivity index (χ4n) is 2.65. The van der Waals surface area contributed by atoms with Crippen LogP contribution in [0.2, 0.25) is 0 Å². The zero-order valence-corrected chi connectivity index (χ0v) is 13.0. The Bertz CT molecular complexity index is 691. The van der Waals surface area contributed by atoms with Gasteiger partial charge in [0.15, 0.2) is 5.76 Å². The highest BCUT2D eigenvalue weighted by molar-refractivity contribution is 5.93. The van der Waals surface area contributed by atoms with Crippen LogP contribution in [0.1, 0.15) is 48.1 Å². The van der Waals surface area contributed by atoms with Gasteiger partial charge in [0.2, 0.25) is 0 Å². The summed E-state index contributed by atoms with van der Waals surface area (Å²) in [5.74, 6) is 0.129. The number of aliphatic hydroxyl groups is 1. The number of rotatable bonds is 3. The van der Waals surface area contributed by atoms with Crippen molar-refractivity contribution in [1.29, 1.82) is 0 Å². The number of furan rings is 1. The minimum atomic E-state index is -1.15. The molecule has 0 radical (unpaired) electrons. The number of likely N-dealkylation sites (tertiary alicyclic amines) is 1. The minimum Gasteiger partial charge on any atom is -0.459 e. The predicted octanol–water partition coefficient (Wildman–Crippen LogP) is 1.49. The lowest BCUT2D eigenvalue weighted by atomic mass is 10.00. The monoisotopic (exact) mass is 304 g/mol. The Morgan fingerprint density at radius 3 is 2.86 bits per heavy atom. The fraction of sp³-hybridized carbons (Fsp3) is 0.533. The second kappa shape index (κ2) is 5.24. The summed E-state index contributed by atoms with van der Waals surface area (Å²) >= 11 is 0. The Hall–Kier alpha value is -2.15. The molecular weight excluding hydrogens is 284 g/mol. The maximum Gasteiger partial charge on any atom is 0.289 e. The van der Waals surface area contributed by atoms with Gasteiger partial charge in [-0.1, -0.05) is 5.21 Å². The molecule has 3 heterocycles. The maximum absolute atomic E-state index is 12.4. The van der Waals surface area contributed by atoms with E-state index < -0.39 is 5.60 Å². The normalized spacial score (nSPS) is 21.8. The number of β-amino-alcohol motifs (C(OH)–C–C–N with tert-alkyl or cyclic N) is 1. The van der Waals surface area contributed by atoms with Crippen molar-refractivity contribution in [3.05, 3.63) is 35.5 Å². The predicted molar refractivity (Wildman–Crippen MR) is 78.3 cm³/mol. The number of carbonyl (C=O) groups is 1. The summed E-state index contributed by atoms with van der Waals surface area (Å²) in [6.45, 7) is 6.47. The van der Waals surface area contributed by atoms with Gasteiger partial charge in [-0.3, -0.25) is 4.79 Å². The first-order valence-corrected chi connectivity index (χ1v) is 7.39. The van der Waals surface area contributed by atoms with Crippen LogP contribution in [0.5, 0.6) is 0 Å². The van der Waals surface area contributed by atoms with Crippen LogP contribution in [0.3, 0.4) is 0 Å². The van der Waals surface area contributed by atoms with E-state index in [4.69, 9.17) is 4.42 Å². The Balaban J connectivity index is 1.78. The Kier molecular flexibility index (Phi) is 3.52. The van der Waals surface area contributed by atoms with E-state index in [1.54, 1.807) is 21.8 Å². The lowest BCUT2D eigenvalue weighted by Gasteiger charge is -2.20. The molecule has 1 unspecified atom stereocenters. The molecule has 7 nitrogen and oxygen atoms in total. The number of aryl methyl sites for hydroxylation is 1. The van der Waals surface area contributed by atoms with Gasteiger partial charge in [-0.05, 0) is 26.8 Å². The van der Waals surface area contributed by atoms with Gasteiger partial charge in [0, 0.05) is 24.6 Å². The molecule has 0 saturated carbocycles. The summed E-state index contributed by atoms with van der Waals surface area (Å²) in [6.07, 6.45) is 3.69. The van der Waals surface area contributed by atoms with Crippen molar-refractivity contribution < 1.29 is 14.3 Å². The molecule has 0 spiro atoms. The van der Waals surface area contributed by atoms with E-state index in [1.165, 1.54) is 6.26 Å². The van der Waals surface area contributed by atoms with E-state index in [0.29, 0.717) is 24.4 Å². The second-order valence-corrected chi connectivity index (χ2v) is 6.12. The minimum absolute atomic E-state index is 0.176. The maximum atomic E-state index is 12.4. The molecule has 0 aromatic carbocycles. The lowest BCUT2D eigenvalue weighted by Crippen LogP contribution is -2.34. The fourth-order valence-corrected chi connectivity index (χ4v) is 2.65. The Labute approximate surface area is 128 Å². The van der Waals surface area contributed by atoms with Crippen LogP contribution in [0.4, 0.5) is 0 Å². The third-order valence-electron chi connectivity index (χ3n) is 4.11. The van der Waals surface area contributed by atoms with Crippen LogP contribution in [0.15, 0.2) is 22.9 Å². The summed E-state index contributed by atoms with van der Waals surface area (Å²) in [7, 11) is 0. The van der Waals surface area contributed by atoms with Gasteiger partial charge in [-0.15, -0.1) is 5.10 Å². The van der Waals surface area contributed by atoms with Crippen LogP contribution in [0, 0.1) is 6.92 Å². The Morgan fingerprint density at radius 2 is 2.27 bits per heavy atom. The number of hydrogen-bond donors (Lipinski definition) is 1. The van der Waals surface area contributed by atoms with E-state index >= 15 is 0 Å². The lowest BCUT2D eigenvalue weighted by molar-refractivity contribution is 0.0372. The topological polar surface area (TPSA) is 84.4 Å². The Morgan fingerprint density at radius 1 is 1.50 bits per heavy atom. The smallest absolute Gasteiger partial charge is 0.289 e. The van der Waals surface area contributed by atoms with Crippen molar-refractivity contribution in [2.24, 2.45) is 0 Å². The summed E-state index contributed by atoms with van der Waals surface area (Å²) in [5.41, 5.74) is 0.155. The van der Waals surface area contributed by atoms with E-state index in [-0.39, 0.29) is 18.5 Å². The number of aromatic nitrogens is 3. The van der Waals surface area contributed by atoms with E-state index in [9.17, 15) is 9.90 Å². The zero-order valence-electron chi connectivity index (χ0n) is 13.0. The van der Waals surface area contributed by atoms with Crippen molar-refractivity contribution in [3.8, 4) is 0 Å². The summed E-state index contributed by atoms with van der Waals surface area (Å²) in [5, 5.41) is 18.9. The highest BCUT2D eigenvalue weighted by Gasteiger charge is 2.42. The summed E-state index contributed by atoms with van der Waals surface area (Å²) < 4.78 is 6.95. The van der Waals surface area contributed by atoms with Crippen molar-refractivity contribution >= 4 is 5.91 Å². The van der Waals surface area contributed by atoms with Crippen molar-refractivity contribution in [1.82, 2.24) is 19.9 Å². The van der Waals surface area contributed by atoms with Crippen LogP contribution in [-0.2, 0) is 5.60 Å². The van der Waals surface area contributed by atoms with Gasteiger partial charge in [-0.25, -0.2) is 4.68 Å². The summed E-state index contributed by atoms with van der Waals surface area (Å²) in [6, 6.07) is 1.93. The van der Waals surface area contributed by atoms with Gasteiger partial charge < -0.3 is 14.4 Å². The third-order valence-corrected chi connectivity index (χ3v) is 4.11. The number of amides is 1. The van der Waals surface area contributed by atoms with Crippen molar-refractivity contribution in [3.63, 3.8) is 0 Å². The molecule has 0 bridgehead atoms. The first-order valence-electron chi connectivity index (χ1n) is 7.39. The van der Waals surface area contributed by atoms with E-state index in [1.807, 2.05) is 20.8 Å². The first-order chi connectivity index (χ1) is 10.4. The highest BCUT2D eigenvalue weighted by atomic mass is 16.3. The molecular formula is C15H20N4O3.